The van der Waals surface area contributed by atoms with Crippen LogP contribution < -0.4 is 5.32 Å². The van der Waals surface area contributed by atoms with E-state index in [-0.39, 0.29) is 24.8 Å². The first-order valence-electron chi connectivity index (χ1n) is 10.8. The number of aryl methyl sites for hydroxylation is 1. The first kappa shape index (κ1) is 26.0. The second-order valence-electron chi connectivity index (χ2n) is 7.54. The highest BCUT2D eigenvalue weighted by Gasteiger charge is 2.16. The van der Waals surface area contributed by atoms with Gasteiger partial charge < -0.3 is 15.0 Å². The molecule has 8 nitrogen and oxygen atoms in total. The first-order chi connectivity index (χ1) is 15.4. The number of carbonyl (C=O) groups excluding carboxylic acids is 2. The maximum atomic E-state index is 12.5. The molecule has 32 heavy (non-hydrogen) atoms. The highest BCUT2D eigenvalue weighted by molar-refractivity contribution is 7.71. The minimum Gasteiger partial charge on any atom is -0.385 e. The van der Waals surface area contributed by atoms with E-state index in [1.165, 1.54) is 4.90 Å². The van der Waals surface area contributed by atoms with Crippen molar-refractivity contribution in [2.24, 2.45) is 0 Å². The number of nitrogens with zero attached hydrogens (tertiary/aromatic N) is 4. The molecule has 0 bridgehead atoms. The van der Waals surface area contributed by atoms with Gasteiger partial charge in [-0.25, -0.2) is 4.68 Å². The molecule has 0 unspecified atom stereocenters. The van der Waals surface area contributed by atoms with Crippen LogP contribution in [0, 0.1) is 4.77 Å². The van der Waals surface area contributed by atoms with E-state index in [1.807, 2.05) is 28.8 Å². The molecule has 176 valence electrons. The van der Waals surface area contributed by atoms with Gasteiger partial charge in [-0.15, -0.1) is 0 Å². The Morgan fingerprint density at radius 3 is 2.59 bits per heavy atom. The highest BCUT2D eigenvalue weighted by atomic mass is 35.5. The van der Waals surface area contributed by atoms with E-state index in [1.54, 1.807) is 18.8 Å². The molecule has 0 saturated heterocycles. The van der Waals surface area contributed by atoms with Crippen molar-refractivity contribution in [1.82, 2.24) is 24.6 Å². The molecule has 2 amide bonds. The number of unbranched alkanes of at least 4 members (excludes halogenated alkanes) is 1. The summed E-state index contributed by atoms with van der Waals surface area (Å²) < 4.78 is 9.22. The van der Waals surface area contributed by atoms with E-state index in [0.29, 0.717) is 29.5 Å². The van der Waals surface area contributed by atoms with Gasteiger partial charge in [-0.05, 0) is 49.3 Å². The lowest BCUT2D eigenvalue weighted by molar-refractivity contribution is -0.134. The van der Waals surface area contributed by atoms with Crippen LogP contribution in [-0.2, 0) is 27.4 Å². The molecule has 1 heterocycles. The summed E-state index contributed by atoms with van der Waals surface area (Å²) in [6.45, 7) is 4.34. The standard InChI is InChI=1S/C22H32ClN5O3S/c1-4-5-13-27-21(17-7-9-18(23)10-8-17)25-28(22(27)32)14-11-20(30)26(2)16-19(29)24-12-6-15-31-3/h7-10H,4-6,11-16H2,1-3H3,(H,24,29). The van der Waals surface area contributed by atoms with Gasteiger partial charge in [-0.2, -0.15) is 5.10 Å². The van der Waals surface area contributed by atoms with Crippen LogP contribution in [0.4, 0.5) is 0 Å². The van der Waals surface area contributed by atoms with Gasteiger partial charge in [0.1, 0.15) is 0 Å². The zero-order valence-corrected chi connectivity index (χ0v) is 20.5. The number of halogens is 1. The van der Waals surface area contributed by atoms with E-state index in [0.717, 1.165) is 37.2 Å². The van der Waals surface area contributed by atoms with Crippen LogP contribution >= 0.6 is 23.8 Å². The number of benzene rings is 1. The molecule has 0 aliphatic rings. The normalized spacial score (nSPS) is 10.9. The maximum absolute atomic E-state index is 12.5. The van der Waals surface area contributed by atoms with Gasteiger partial charge in [0.05, 0.1) is 13.1 Å². The van der Waals surface area contributed by atoms with Gasteiger partial charge in [0.15, 0.2) is 10.6 Å². The molecule has 0 aliphatic heterocycles. The molecule has 1 aromatic carbocycles. The summed E-state index contributed by atoms with van der Waals surface area (Å²) in [5.74, 6) is 0.425. The lowest BCUT2D eigenvalue weighted by Crippen LogP contribution is -2.39. The molecule has 0 radical (unpaired) electrons. The Morgan fingerprint density at radius 2 is 1.94 bits per heavy atom. The van der Waals surface area contributed by atoms with Gasteiger partial charge in [0, 0.05) is 50.9 Å². The van der Waals surface area contributed by atoms with Crippen LogP contribution in [-0.4, -0.2) is 64.9 Å². The predicted molar refractivity (Wildman–Crippen MR) is 128 cm³/mol. The number of hydrogen-bond acceptors (Lipinski definition) is 5. The molecule has 0 atom stereocenters. The monoisotopic (exact) mass is 481 g/mol. The fourth-order valence-electron chi connectivity index (χ4n) is 3.11. The number of amides is 2. The van der Waals surface area contributed by atoms with Gasteiger partial charge in [-0.1, -0.05) is 24.9 Å². The van der Waals surface area contributed by atoms with Crippen LogP contribution in [0.2, 0.25) is 5.02 Å². The summed E-state index contributed by atoms with van der Waals surface area (Å²) in [7, 11) is 3.24. The van der Waals surface area contributed by atoms with Crippen LogP contribution in [0.1, 0.15) is 32.6 Å². The number of rotatable bonds is 13. The van der Waals surface area contributed by atoms with Crippen molar-refractivity contribution in [1.29, 1.82) is 0 Å². The fourth-order valence-corrected chi connectivity index (χ4v) is 3.55. The molecule has 1 aromatic heterocycles. The van der Waals surface area contributed by atoms with Crippen molar-refractivity contribution in [3.8, 4) is 11.4 Å². The summed E-state index contributed by atoms with van der Waals surface area (Å²) in [5.41, 5.74) is 0.920. The summed E-state index contributed by atoms with van der Waals surface area (Å²) in [4.78, 5) is 25.9. The molecular weight excluding hydrogens is 450 g/mol. The Kier molecular flexibility index (Phi) is 10.9. The van der Waals surface area contributed by atoms with Crippen molar-refractivity contribution in [3.05, 3.63) is 34.1 Å². The molecule has 10 heteroatoms. The van der Waals surface area contributed by atoms with E-state index >= 15 is 0 Å². The van der Waals surface area contributed by atoms with Crippen molar-refractivity contribution < 1.29 is 14.3 Å². The van der Waals surface area contributed by atoms with E-state index in [4.69, 9.17) is 28.6 Å². The smallest absolute Gasteiger partial charge is 0.239 e. The summed E-state index contributed by atoms with van der Waals surface area (Å²) >= 11 is 11.7. The molecule has 0 fully saturated rings. The number of aromatic nitrogens is 3. The Balaban J connectivity index is 2.02. The molecule has 0 saturated carbocycles. The van der Waals surface area contributed by atoms with Crippen LogP contribution in [0.5, 0.6) is 0 Å². The van der Waals surface area contributed by atoms with Gasteiger partial charge in [0.2, 0.25) is 11.8 Å². The number of hydrogen-bond donors (Lipinski definition) is 1. The Morgan fingerprint density at radius 1 is 1.22 bits per heavy atom. The summed E-state index contributed by atoms with van der Waals surface area (Å²) in [5, 5.41) is 8.12. The fraction of sp³-hybridized carbons (Fsp3) is 0.545. The quantitative estimate of drug-likeness (QED) is 0.349. The zero-order valence-electron chi connectivity index (χ0n) is 19.0. The third-order valence-corrected chi connectivity index (χ3v) is 5.64. The Bertz CT molecular complexity index is 942. The number of ether oxygens (including phenoxy) is 1. The van der Waals surface area contributed by atoms with Gasteiger partial charge in [-0.3, -0.25) is 14.2 Å². The van der Waals surface area contributed by atoms with Crippen molar-refractivity contribution in [3.63, 3.8) is 0 Å². The number of methoxy groups -OCH3 is 1. The topological polar surface area (TPSA) is 81.4 Å². The molecular formula is C22H32ClN5O3S. The predicted octanol–water partition coefficient (Wildman–Crippen LogP) is 3.54. The van der Waals surface area contributed by atoms with E-state index < -0.39 is 0 Å². The molecule has 0 aliphatic carbocycles. The van der Waals surface area contributed by atoms with Crippen LogP contribution in [0.25, 0.3) is 11.4 Å². The second-order valence-corrected chi connectivity index (χ2v) is 8.34. The third-order valence-electron chi connectivity index (χ3n) is 4.95. The summed E-state index contributed by atoms with van der Waals surface area (Å²) in [6.07, 6.45) is 2.94. The lowest BCUT2D eigenvalue weighted by atomic mass is 10.2. The number of likely N-dealkylation sites (N-methyl/N-ethyl adjacent to an activating group) is 1. The average Bonchev–Trinajstić information content (AvgIpc) is 3.09. The van der Waals surface area contributed by atoms with Crippen LogP contribution in [0.15, 0.2) is 24.3 Å². The molecule has 2 rings (SSSR count). The first-order valence-corrected chi connectivity index (χ1v) is 11.6. The third kappa shape index (κ3) is 7.72. The highest BCUT2D eigenvalue weighted by Crippen LogP contribution is 2.21. The SMILES string of the molecule is CCCCn1c(-c2ccc(Cl)cc2)nn(CCC(=O)N(C)CC(=O)NCCCOC)c1=S. The molecule has 0 spiro atoms. The second kappa shape index (κ2) is 13.3. The van der Waals surface area contributed by atoms with E-state index in [2.05, 4.69) is 17.3 Å². The minimum atomic E-state index is -0.192. The summed E-state index contributed by atoms with van der Waals surface area (Å²) in [6, 6.07) is 7.47. The minimum absolute atomic E-state index is 0.0121. The maximum Gasteiger partial charge on any atom is 0.239 e. The van der Waals surface area contributed by atoms with Gasteiger partial charge >= 0.3 is 0 Å². The Hall–Kier alpha value is -2.23. The molecule has 1 N–H and O–H groups in total. The number of nitrogens with one attached hydrogen (secondary N) is 1. The van der Waals surface area contributed by atoms with Crippen molar-refractivity contribution in [2.45, 2.75) is 45.7 Å². The Labute approximate surface area is 199 Å². The lowest BCUT2D eigenvalue weighted by Gasteiger charge is -2.16. The zero-order chi connectivity index (χ0) is 23.5. The average molecular weight is 482 g/mol. The largest absolute Gasteiger partial charge is 0.385 e. The molecule has 2 aromatic rings. The van der Waals surface area contributed by atoms with Crippen molar-refractivity contribution in [2.75, 3.05) is 33.9 Å². The van der Waals surface area contributed by atoms with Gasteiger partial charge in [0.25, 0.3) is 0 Å². The van der Waals surface area contributed by atoms with Crippen LogP contribution in [0.3, 0.4) is 0 Å². The number of carbonyl (C=O) groups is 2. The van der Waals surface area contributed by atoms with E-state index in [9.17, 15) is 9.59 Å². The van der Waals surface area contributed by atoms with Crippen molar-refractivity contribution >= 4 is 35.6 Å².